The number of benzene rings is 1. The van der Waals surface area contributed by atoms with Crippen LogP contribution in [0.2, 0.25) is 0 Å². The smallest absolute Gasteiger partial charge is 0.206 e. The van der Waals surface area contributed by atoms with Crippen molar-refractivity contribution in [3.8, 4) is 0 Å². The molecule has 8 nitrogen and oxygen atoms in total. The van der Waals surface area contributed by atoms with Crippen molar-refractivity contribution < 1.29 is 21.2 Å². The lowest BCUT2D eigenvalue weighted by atomic mass is 10.3. The molecule has 26 heavy (non-hydrogen) atoms. The summed E-state index contributed by atoms with van der Waals surface area (Å²) >= 11 is 0. The summed E-state index contributed by atoms with van der Waals surface area (Å²) in [5, 5.41) is 0. The summed E-state index contributed by atoms with van der Waals surface area (Å²) < 4.78 is 7.79. The van der Waals surface area contributed by atoms with Gasteiger partial charge in [0.15, 0.2) is 0 Å². The second kappa shape index (κ2) is 12.3. The van der Waals surface area contributed by atoms with Crippen LogP contribution in [-0.2, 0) is 11.3 Å². The second-order valence-corrected chi connectivity index (χ2v) is 5.85. The molecular weight excluding hydrogens is 383 g/mol. The summed E-state index contributed by atoms with van der Waals surface area (Å²) in [6.45, 7) is 8.24. The molecule has 1 aromatic heterocycles. The van der Waals surface area contributed by atoms with Crippen molar-refractivity contribution in [3.63, 3.8) is 0 Å². The molecule has 0 radical (unpaired) electrons. The molecule has 6 N–H and O–H groups in total. The summed E-state index contributed by atoms with van der Waals surface area (Å²) in [6, 6.07) is 8.46. The normalized spacial score (nSPS) is 16.1. The zero-order valence-electron chi connectivity index (χ0n) is 14.7. The number of halogens is 2. The predicted octanol–water partition coefficient (Wildman–Crippen LogP) is -0.0519. The van der Waals surface area contributed by atoms with Gasteiger partial charge in [0.25, 0.3) is 0 Å². The average Bonchev–Trinajstić information content (AvgIpc) is 2.93. The maximum Gasteiger partial charge on any atom is 0.206 e. The Labute approximate surface area is 165 Å². The number of nitrogens with zero attached hydrogens (tertiary/aromatic N) is 4. The van der Waals surface area contributed by atoms with Crippen LogP contribution >= 0.6 is 24.8 Å². The highest BCUT2D eigenvalue weighted by Crippen LogP contribution is 2.26. The number of hydrogen-bond donors (Lipinski definition) is 0. The number of morpholine rings is 1. The van der Waals surface area contributed by atoms with E-state index in [0.29, 0.717) is 0 Å². The van der Waals surface area contributed by atoms with Crippen LogP contribution in [-0.4, -0.2) is 76.8 Å². The molecule has 0 bridgehead atoms. The summed E-state index contributed by atoms with van der Waals surface area (Å²) in [6.07, 6.45) is 1.20. The second-order valence-electron chi connectivity index (χ2n) is 5.85. The van der Waals surface area contributed by atoms with Crippen LogP contribution in [0.4, 0.5) is 5.95 Å². The molecule has 152 valence electrons. The summed E-state index contributed by atoms with van der Waals surface area (Å²) in [4.78, 5) is 9.78. The molecule has 0 unspecified atom stereocenters. The highest BCUT2D eigenvalue weighted by atomic mass is 35.5. The Kier molecular flexibility index (Phi) is 12.8. The van der Waals surface area contributed by atoms with Gasteiger partial charge >= 0.3 is 0 Å². The number of anilines is 1. The molecule has 1 fully saturated rings. The van der Waals surface area contributed by atoms with E-state index in [1.54, 1.807) is 0 Å². The largest absolute Gasteiger partial charge is 0.412 e. The summed E-state index contributed by atoms with van der Waals surface area (Å²) in [5.41, 5.74) is 2.38. The Bertz CT molecular complexity index is 638. The molecule has 3 heterocycles. The molecule has 0 spiro atoms. The standard InChI is InChI=1S/C16H22N4O.2ClH.3H2O/c1-2-5-15-14(4-1)17-16-19(6-3-7-20(15)16)9-8-18-10-12-21-13-11-18;;;;;/h1-2,4-5H,3,6-13H2;2*1H;3*1H2. The van der Waals surface area contributed by atoms with E-state index in [0.717, 1.165) is 63.9 Å². The van der Waals surface area contributed by atoms with Gasteiger partial charge in [0, 0.05) is 39.3 Å². The molecule has 0 amide bonds. The first kappa shape index (κ1) is 27.1. The van der Waals surface area contributed by atoms with Crippen LogP contribution in [0, 0.1) is 0 Å². The Morgan fingerprint density at radius 3 is 2.31 bits per heavy atom. The third kappa shape index (κ3) is 5.43. The third-order valence-electron chi connectivity index (χ3n) is 4.52. The first-order valence-electron chi connectivity index (χ1n) is 7.92. The number of fused-ring (bicyclic) bond motifs is 3. The number of aromatic nitrogens is 2. The van der Waals surface area contributed by atoms with Gasteiger partial charge in [0.05, 0.1) is 24.2 Å². The number of rotatable bonds is 3. The predicted molar refractivity (Wildman–Crippen MR) is 109 cm³/mol. The first-order valence-corrected chi connectivity index (χ1v) is 7.92. The zero-order chi connectivity index (χ0) is 14.1. The van der Waals surface area contributed by atoms with E-state index in [4.69, 9.17) is 9.72 Å². The van der Waals surface area contributed by atoms with Crippen molar-refractivity contribution in [3.05, 3.63) is 24.3 Å². The van der Waals surface area contributed by atoms with Crippen molar-refractivity contribution in [2.45, 2.75) is 13.0 Å². The number of hydrogen-bond acceptors (Lipinski definition) is 4. The molecule has 1 saturated heterocycles. The third-order valence-corrected chi connectivity index (χ3v) is 4.52. The number of aryl methyl sites for hydroxylation is 1. The van der Waals surface area contributed by atoms with E-state index in [1.165, 1.54) is 11.9 Å². The molecule has 0 saturated carbocycles. The maximum atomic E-state index is 5.42. The van der Waals surface area contributed by atoms with Gasteiger partial charge in [-0.2, -0.15) is 0 Å². The summed E-state index contributed by atoms with van der Waals surface area (Å²) in [5.74, 6) is 1.15. The highest BCUT2D eigenvalue weighted by molar-refractivity contribution is 5.85. The topological polar surface area (TPSA) is 128 Å². The Morgan fingerprint density at radius 2 is 1.58 bits per heavy atom. The molecule has 0 atom stereocenters. The van der Waals surface area contributed by atoms with E-state index < -0.39 is 0 Å². The van der Waals surface area contributed by atoms with Crippen molar-refractivity contribution in [2.24, 2.45) is 0 Å². The zero-order valence-corrected chi connectivity index (χ0v) is 16.3. The van der Waals surface area contributed by atoms with Gasteiger partial charge in [-0.3, -0.25) is 4.90 Å². The fourth-order valence-electron chi connectivity index (χ4n) is 3.34. The van der Waals surface area contributed by atoms with E-state index >= 15 is 0 Å². The van der Waals surface area contributed by atoms with Crippen LogP contribution in [0.3, 0.4) is 0 Å². The minimum Gasteiger partial charge on any atom is -0.412 e. The maximum absolute atomic E-state index is 5.42. The SMILES string of the molecule is Cl.Cl.O.O.O.c1ccc2c(c1)nc1n2CCCN1CCN1CCOCC1. The molecule has 2 aliphatic rings. The molecule has 10 heteroatoms. The van der Waals surface area contributed by atoms with Crippen molar-refractivity contribution in [1.29, 1.82) is 0 Å². The monoisotopic (exact) mass is 412 g/mol. The van der Waals surface area contributed by atoms with Crippen LogP contribution in [0.5, 0.6) is 0 Å². The minimum absolute atomic E-state index is 0. The molecule has 1 aromatic carbocycles. The molecule has 2 aliphatic heterocycles. The van der Waals surface area contributed by atoms with Gasteiger partial charge in [-0.25, -0.2) is 4.98 Å². The van der Waals surface area contributed by atoms with Crippen molar-refractivity contribution in [1.82, 2.24) is 14.5 Å². The van der Waals surface area contributed by atoms with Gasteiger partial charge < -0.3 is 30.6 Å². The summed E-state index contributed by atoms with van der Waals surface area (Å²) in [7, 11) is 0. The fourth-order valence-corrected chi connectivity index (χ4v) is 3.34. The molecule has 4 rings (SSSR count). The van der Waals surface area contributed by atoms with E-state index in [9.17, 15) is 0 Å². The van der Waals surface area contributed by atoms with Gasteiger partial charge in [-0.1, -0.05) is 12.1 Å². The van der Waals surface area contributed by atoms with Crippen LogP contribution in [0.15, 0.2) is 24.3 Å². The van der Waals surface area contributed by atoms with Gasteiger partial charge in [-0.15, -0.1) is 24.8 Å². The lowest BCUT2D eigenvalue weighted by Gasteiger charge is -2.33. The van der Waals surface area contributed by atoms with Gasteiger partial charge in [0.1, 0.15) is 0 Å². The highest BCUT2D eigenvalue weighted by Gasteiger charge is 2.21. The van der Waals surface area contributed by atoms with E-state index in [1.807, 2.05) is 0 Å². The fraction of sp³-hybridized carbons (Fsp3) is 0.562. The number of ether oxygens (including phenoxy) is 1. The Morgan fingerprint density at radius 1 is 0.885 bits per heavy atom. The van der Waals surface area contributed by atoms with Gasteiger partial charge in [-0.05, 0) is 18.6 Å². The van der Waals surface area contributed by atoms with Crippen molar-refractivity contribution in [2.75, 3.05) is 50.8 Å². The van der Waals surface area contributed by atoms with Gasteiger partial charge in [0.2, 0.25) is 5.95 Å². The lowest BCUT2D eigenvalue weighted by Crippen LogP contribution is -2.43. The molecule has 0 aliphatic carbocycles. The average molecular weight is 413 g/mol. The van der Waals surface area contributed by atoms with Crippen LogP contribution in [0.25, 0.3) is 11.0 Å². The Balaban J connectivity index is 0. The Hall–Kier alpha value is -1.13. The number of imidazole rings is 1. The molecular formula is C16H30Cl2N4O4. The number of para-hydroxylation sites is 2. The first-order chi connectivity index (χ1) is 10.4. The van der Waals surface area contributed by atoms with E-state index in [2.05, 4.69) is 38.6 Å². The van der Waals surface area contributed by atoms with Crippen LogP contribution in [0.1, 0.15) is 6.42 Å². The van der Waals surface area contributed by atoms with Crippen LogP contribution < -0.4 is 4.90 Å². The van der Waals surface area contributed by atoms with E-state index in [-0.39, 0.29) is 41.2 Å². The quantitative estimate of drug-likeness (QED) is 0.699. The minimum atomic E-state index is 0. The lowest BCUT2D eigenvalue weighted by molar-refractivity contribution is 0.0391. The van der Waals surface area contributed by atoms with Crippen molar-refractivity contribution >= 4 is 41.8 Å². The molecule has 2 aromatic rings.